The van der Waals surface area contributed by atoms with Crippen molar-refractivity contribution < 1.29 is 14.3 Å². The predicted molar refractivity (Wildman–Crippen MR) is 89.2 cm³/mol. The molecule has 0 bridgehead atoms. The van der Waals surface area contributed by atoms with Gasteiger partial charge >= 0.3 is 0 Å². The molecule has 1 N–H and O–H groups in total. The van der Waals surface area contributed by atoms with E-state index >= 15 is 0 Å². The molecule has 0 saturated heterocycles. The van der Waals surface area contributed by atoms with Crippen LogP contribution >= 0.6 is 0 Å². The zero-order valence-corrected chi connectivity index (χ0v) is 13.5. The van der Waals surface area contributed by atoms with Crippen LogP contribution < -0.4 is 19.7 Å². The van der Waals surface area contributed by atoms with Gasteiger partial charge in [0.15, 0.2) is 11.5 Å². The van der Waals surface area contributed by atoms with Crippen molar-refractivity contribution in [1.82, 2.24) is 5.32 Å². The number of carbonyl (C=O) groups excluding carboxylic acids is 1. The van der Waals surface area contributed by atoms with E-state index in [2.05, 4.69) is 5.32 Å². The van der Waals surface area contributed by atoms with Gasteiger partial charge in [-0.15, -0.1) is 0 Å². The van der Waals surface area contributed by atoms with E-state index in [1.165, 1.54) is 0 Å². The van der Waals surface area contributed by atoms with Crippen LogP contribution in [0.4, 0.5) is 5.69 Å². The van der Waals surface area contributed by atoms with Gasteiger partial charge in [0, 0.05) is 12.6 Å². The summed E-state index contributed by atoms with van der Waals surface area (Å²) in [5, 5.41) is 3.03. The highest BCUT2D eigenvalue weighted by Crippen LogP contribution is 2.39. The molecule has 0 aromatic heterocycles. The third-order valence-electron chi connectivity index (χ3n) is 3.99. The summed E-state index contributed by atoms with van der Waals surface area (Å²) >= 11 is 0. The van der Waals surface area contributed by atoms with Crippen molar-refractivity contribution in [2.24, 2.45) is 0 Å². The summed E-state index contributed by atoms with van der Waals surface area (Å²) in [6.45, 7) is 2.48. The molecule has 120 valence electrons. The van der Waals surface area contributed by atoms with Gasteiger partial charge in [0.05, 0.1) is 25.0 Å². The maximum atomic E-state index is 12.4. The lowest BCUT2D eigenvalue weighted by atomic mass is 10.0. The van der Waals surface area contributed by atoms with Crippen LogP contribution in [-0.2, 0) is 0 Å². The Morgan fingerprint density at radius 3 is 2.70 bits per heavy atom. The molecule has 0 radical (unpaired) electrons. The van der Waals surface area contributed by atoms with Gasteiger partial charge in [-0.2, -0.15) is 0 Å². The monoisotopic (exact) mass is 312 g/mol. The van der Waals surface area contributed by atoms with Gasteiger partial charge in [-0.3, -0.25) is 4.79 Å². The minimum absolute atomic E-state index is 0.0902. The quantitative estimate of drug-likeness (QED) is 0.943. The molecule has 0 spiro atoms. The Morgan fingerprint density at radius 1 is 1.17 bits per heavy atom. The third kappa shape index (κ3) is 2.59. The molecule has 0 fully saturated rings. The Bertz CT molecular complexity index is 730. The number of hydrogen-bond donors (Lipinski definition) is 1. The van der Waals surface area contributed by atoms with Crippen LogP contribution in [-0.4, -0.2) is 26.7 Å². The molecular weight excluding hydrogens is 292 g/mol. The Hall–Kier alpha value is -2.69. The molecule has 0 saturated carbocycles. The highest BCUT2D eigenvalue weighted by Gasteiger charge is 2.31. The largest absolute Gasteiger partial charge is 0.492 e. The van der Waals surface area contributed by atoms with Crippen LogP contribution in [0.15, 0.2) is 42.5 Å². The lowest BCUT2D eigenvalue weighted by molar-refractivity contribution is 0.0927. The topological polar surface area (TPSA) is 50.8 Å². The van der Waals surface area contributed by atoms with E-state index in [4.69, 9.17) is 9.47 Å². The summed E-state index contributed by atoms with van der Waals surface area (Å²) in [5.74, 6) is 1.23. The number of benzene rings is 2. The first-order chi connectivity index (χ1) is 11.2. The number of hydrogen-bond acceptors (Lipinski definition) is 4. The molecule has 3 rings (SSSR count). The van der Waals surface area contributed by atoms with E-state index < -0.39 is 0 Å². The van der Waals surface area contributed by atoms with Crippen molar-refractivity contribution in [1.29, 1.82) is 0 Å². The fourth-order valence-electron chi connectivity index (χ4n) is 2.93. The van der Waals surface area contributed by atoms with Crippen LogP contribution in [0.5, 0.6) is 11.5 Å². The number of ether oxygens (including phenoxy) is 2. The number of methoxy groups -OCH3 is 1. The van der Waals surface area contributed by atoms with Crippen molar-refractivity contribution in [3.8, 4) is 11.5 Å². The van der Waals surface area contributed by atoms with E-state index in [1.54, 1.807) is 7.11 Å². The first-order valence-corrected chi connectivity index (χ1v) is 7.59. The lowest BCUT2D eigenvalue weighted by Gasteiger charge is -2.37. The molecule has 0 aliphatic carbocycles. The van der Waals surface area contributed by atoms with Gasteiger partial charge in [-0.05, 0) is 25.1 Å². The molecule has 2 aromatic carbocycles. The van der Waals surface area contributed by atoms with E-state index in [0.717, 1.165) is 11.3 Å². The van der Waals surface area contributed by atoms with Crippen molar-refractivity contribution in [3.05, 3.63) is 53.6 Å². The van der Waals surface area contributed by atoms with Crippen LogP contribution in [0.25, 0.3) is 0 Å². The average Bonchev–Trinajstić information content (AvgIpc) is 2.58. The summed E-state index contributed by atoms with van der Waals surface area (Å²) in [6, 6.07) is 13.3. The summed E-state index contributed by atoms with van der Waals surface area (Å²) in [5.41, 5.74) is 2.43. The van der Waals surface area contributed by atoms with Gasteiger partial charge in [0.25, 0.3) is 5.91 Å². The number of amides is 1. The number of anilines is 1. The zero-order valence-electron chi connectivity index (χ0n) is 13.5. The summed E-state index contributed by atoms with van der Waals surface area (Å²) in [7, 11) is 3.57. The predicted octanol–water partition coefficient (Wildman–Crippen LogP) is 2.97. The second kappa shape index (κ2) is 6.20. The van der Waals surface area contributed by atoms with Crippen LogP contribution in [0.2, 0.25) is 0 Å². The second-order valence-electron chi connectivity index (χ2n) is 5.32. The maximum Gasteiger partial charge on any atom is 0.255 e. The molecule has 1 amide bonds. The Kier molecular flexibility index (Phi) is 4.10. The SMILES string of the molecule is CCOc1cccc([C@H]2NC(=O)c3ccccc3N2C)c1OC. The lowest BCUT2D eigenvalue weighted by Crippen LogP contribution is -2.44. The summed E-state index contributed by atoms with van der Waals surface area (Å²) in [4.78, 5) is 14.4. The molecule has 1 aliphatic rings. The molecular formula is C18H20N2O3. The standard InChI is InChI=1S/C18H20N2O3/c1-4-23-15-11-7-9-13(16(15)22-3)17-19-18(21)12-8-5-6-10-14(12)20(17)2/h5-11,17H,4H2,1-3H3,(H,19,21)/t17-/m0/s1. The maximum absolute atomic E-state index is 12.4. The second-order valence-corrected chi connectivity index (χ2v) is 5.32. The summed E-state index contributed by atoms with van der Waals surface area (Å²) < 4.78 is 11.2. The number of carbonyl (C=O) groups is 1. The minimum atomic E-state index is -0.312. The Morgan fingerprint density at radius 2 is 1.96 bits per heavy atom. The fraction of sp³-hybridized carbons (Fsp3) is 0.278. The van der Waals surface area contributed by atoms with Crippen molar-refractivity contribution >= 4 is 11.6 Å². The first-order valence-electron chi connectivity index (χ1n) is 7.59. The van der Waals surface area contributed by atoms with Crippen LogP contribution in [0, 0.1) is 0 Å². The normalized spacial score (nSPS) is 16.6. The zero-order chi connectivity index (χ0) is 16.4. The van der Waals surface area contributed by atoms with E-state index in [9.17, 15) is 4.79 Å². The molecule has 5 nitrogen and oxygen atoms in total. The van der Waals surface area contributed by atoms with E-state index in [-0.39, 0.29) is 12.1 Å². The van der Waals surface area contributed by atoms with Gasteiger partial charge in [0.2, 0.25) is 0 Å². The van der Waals surface area contributed by atoms with E-state index in [1.807, 2.05) is 61.3 Å². The number of nitrogens with zero attached hydrogens (tertiary/aromatic N) is 1. The first kappa shape index (κ1) is 15.2. The molecule has 1 heterocycles. The van der Waals surface area contributed by atoms with Gasteiger partial charge in [-0.1, -0.05) is 24.3 Å². The van der Waals surface area contributed by atoms with Crippen LogP contribution in [0.3, 0.4) is 0 Å². The molecule has 23 heavy (non-hydrogen) atoms. The van der Waals surface area contributed by atoms with Gasteiger partial charge in [-0.25, -0.2) is 0 Å². The smallest absolute Gasteiger partial charge is 0.255 e. The number of fused-ring (bicyclic) bond motifs is 1. The van der Waals surface area contributed by atoms with Gasteiger partial charge in [0.1, 0.15) is 6.17 Å². The minimum Gasteiger partial charge on any atom is -0.492 e. The highest BCUT2D eigenvalue weighted by atomic mass is 16.5. The number of rotatable bonds is 4. The Balaban J connectivity index is 2.06. The fourth-order valence-corrected chi connectivity index (χ4v) is 2.93. The number of nitrogens with one attached hydrogen (secondary N) is 1. The van der Waals surface area contributed by atoms with E-state index in [0.29, 0.717) is 23.7 Å². The Labute approximate surface area is 135 Å². The van der Waals surface area contributed by atoms with Gasteiger partial charge < -0.3 is 19.7 Å². The summed E-state index contributed by atoms with van der Waals surface area (Å²) in [6.07, 6.45) is -0.312. The third-order valence-corrected chi connectivity index (χ3v) is 3.99. The molecule has 0 unspecified atom stereocenters. The average molecular weight is 312 g/mol. The number of para-hydroxylation sites is 2. The molecule has 5 heteroatoms. The van der Waals surface area contributed by atoms with Crippen LogP contribution in [0.1, 0.15) is 29.0 Å². The molecule has 2 aromatic rings. The highest BCUT2D eigenvalue weighted by molar-refractivity contribution is 6.02. The van der Waals surface area contributed by atoms with Crippen molar-refractivity contribution in [2.75, 3.05) is 25.7 Å². The van der Waals surface area contributed by atoms with Crippen molar-refractivity contribution in [3.63, 3.8) is 0 Å². The molecule has 1 atom stereocenters. The van der Waals surface area contributed by atoms with Crippen molar-refractivity contribution in [2.45, 2.75) is 13.1 Å². The molecule has 1 aliphatic heterocycles.